The number of ether oxygens (including phenoxy) is 1. The molecular formula is C15H16O3. The maximum Gasteiger partial charge on any atom is 0.123 e. The van der Waals surface area contributed by atoms with Gasteiger partial charge >= 0.3 is 0 Å². The van der Waals surface area contributed by atoms with Gasteiger partial charge < -0.3 is 14.9 Å². The third-order valence-electron chi connectivity index (χ3n) is 3.11. The molecule has 0 saturated carbocycles. The highest BCUT2D eigenvalue weighted by atomic mass is 16.5. The van der Waals surface area contributed by atoms with Crippen LogP contribution in [0.25, 0.3) is 0 Å². The van der Waals surface area contributed by atoms with E-state index in [1.807, 2.05) is 31.2 Å². The van der Waals surface area contributed by atoms with Gasteiger partial charge in [-0.2, -0.15) is 0 Å². The Morgan fingerprint density at radius 3 is 2.00 bits per heavy atom. The van der Waals surface area contributed by atoms with Crippen molar-refractivity contribution in [3.63, 3.8) is 0 Å². The third kappa shape index (κ3) is 2.25. The average molecular weight is 244 g/mol. The second kappa shape index (κ2) is 5.00. The zero-order valence-corrected chi connectivity index (χ0v) is 10.4. The summed E-state index contributed by atoms with van der Waals surface area (Å²) in [5.41, 5.74) is 1.55. The van der Waals surface area contributed by atoms with E-state index >= 15 is 0 Å². The second-order valence-electron chi connectivity index (χ2n) is 4.20. The quantitative estimate of drug-likeness (QED) is 0.871. The molecule has 0 bridgehead atoms. The van der Waals surface area contributed by atoms with Gasteiger partial charge in [-0.1, -0.05) is 25.1 Å². The molecule has 0 aliphatic carbocycles. The predicted octanol–water partition coefficient (Wildman–Crippen LogP) is 3.26. The fourth-order valence-electron chi connectivity index (χ4n) is 2.04. The lowest BCUT2D eigenvalue weighted by atomic mass is 9.91. The van der Waals surface area contributed by atoms with Crippen LogP contribution in [0.1, 0.15) is 24.0 Å². The Morgan fingerprint density at radius 1 is 0.944 bits per heavy atom. The second-order valence-corrected chi connectivity index (χ2v) is 4.20. The summed E-state index contributed by atoms with van der Waals surface area (Å²) in [4.78, 5) is 0. The Bertz CT molecular complexity index is 512. The first-order valence-electron chi connectivity index (χ1n) is 5.78. The Balaban J connectivity index is 2.38. The molecule has 0 radical (unpaired) electrons. The largest absolute Gasteiger partial charge is 0.508 e. The van der Waals surface area contributed by atoms with Crippen molar-refractivity contribution in [1.29, 1.82) is 0 Å². The summed E-state index contributed by atoms with van der Waals surface area (Å²) in [6.45, 7) is 1.94. The van der Waals surface area contributed by atoms with Crippen LogP contribution < -0.4 is 4.74 Å². The molecule has 0 aromatic heterocycles. The van der Waals surface area contributed by atoms with Crippen molar-refractivity contribution in [2.45, 2.75) is 12.8 Å². The van der Waals surface area contributed by atoms with E-state index in [9.17, 15) is 10.2 Å². The predicted molar refractivity (Wildman–Crippen MR) is 70.3 cm³/mol. The zero-order chi connectivity index (χ0) is 13.1. The number of phenols is 2. The SMILES string of the molecule is COc1ccc(C(C)c2c(O)cccc2O)cc1. The van der Waals surface area contributed by atoms with Crippen molar-refractivity contribution >= 4 is 0 Å². The lowest BCUT2D eigenvalue weighted by Gasteiger charge is -2.15. The van der Waals surface area contributed by atoms with Crippen LogP contribution in [-0.4, -0.2) is 17.3 Å². The molecule has 0 aliphatic heterocycles. The molecule has 0 saturated heterocycles. The molecule has 2 aromatic rings. The molecule has 2 N–H and O–H groups in total. The van der Waals surface area contributed by atoms with Crippen molar-refractivity contribution in [3.05, 3.63) is 53.6 Å². The highest BCUT2D eigenvalue weighted by molar-refractivity contribution is 5.49. The van der Waals surface area contributed by atoms with Crippen LogP contribution >= 0.6 is 0 Å². The van der Waals surface area contributed by atoms with Gasteiger partial charge in [0.2, 0.25) is 0 Å². The van der Waals surface area contributed by atoms with Gasteiger partial charge in [-0.05, 0) is 29.8 Å². The van der Waals surface area contributed by atoms with E-state index in [1.165, 1.54) is 0 Å². The monoisotopic (exact) mass is 244 g/mol. The Hall–Kier alpha value is -2.16. The first kappa shape index (κ1) is 12.3. The van der Waals surface area contributed by atoms with Crippen molar-refractivity contribution in [1.82, 2.24) is 0 Å². The van der Waals surface area contributed by atoms with Gasteiger partial charge in [-0.25, -0.2) is 0 Å². The molecule has 1 unspecified atom stereocenters. The van der Waals surface area contributed by atoms with Gasteiger partial charge in [0.05, 0.1) is 7.11 Å². The minimum absolute atomic E-state index is 0.0860. The van der Waals surface area contributed by atoms with E-state index in [4.69, 9.17) is 4.74 Å². The molecule has 94 valence electrons. The summed E-state index contributed by atoms with van der Waals surface area (Å²) >= 11 is 0. The average Bonchev–Trinajstić information content (AvgIpc) is 2.38. The molecule has 0 aliphatic rings. The summed E-state index contributed by atoms with van der Waals surface area (Å²) in [6.07, 6.45) is 0. The fraction of sp³-hybridized carbons (Fsp3) is 0.200. The maximum absolute atomic E-state index is 9.84. The molecule has 18 heavy (non-hydrogen) atoms. The lowest BCUT2D eigenvalue weighted by molar-refractivity contribution is 0.414. The van der Waals surface area contributed by atoms with Crippen molar-refractivity contribution in [3.8, 4) is 17.2 Å². The number of hydrogen-bond acceptors (Lipinski definition) is 3. The fourth-order valence-corrected chi connectivity index (χ4v) is 2.04. The molecule has 2 aromatic carbocycles. The molecule has 0 amide bonds. The van der Waals surface area contributed by atoms with E-state index in [2.05, 4.69) is 0 Å². The zero-order valence-electron chi connectivity index (χ0n) is 10.4. The Kier molecular flexibility index (Phi) is 3.42. The Morgan fingerprint density at radius 2 is 1.50 bits per heavy atom. The van der Waals surface area contributed by atoms with Gasteiger partial charge in [-0.3, -0.25) is 0 Å². The number of aromatic hydroxyl groups is 2. The van der Waals surface area contributed by atoms with E-state index in [0.717, 1.165) is 11.3 Å². The van der Waals surface area contributed by atoms with Gasteiger partial charge in [0.15, 0.2) is 0 Å². The highest BCUT2D eigenvalue weighted by Crippen LogP contribution is 2.37. The number of benzene rings is 2. The first-order valence-corrected chi connectivity index (χ1v) is 5.78. The number of phenolic OH excluding ortho intramolecular Hbond substituents is 2. The van der Waals surface area contributed by atoms with Crippen LogP contribution in [0.15, 0.2) is 42.5 Å². The van der Waals surface area contributed by atoms with Gasteiger partial charge in [0.25, 0.3) is 0 Å². The Labute approximate surface area is 106 Å². The van der Waals surface area contributed by atoms with Crippen molar-refractivity contribution in [2.75, 3.05) is 7.11 Å². The number of rotatable bonds is 3. The van der Waals surface area contributed by atoms with E-state index in [0.29, 0.717) is 5.56 Å². The summed E-state index contributed by atoms with van der Waals surface area (Å²) < 4.78 is 5.10. The normalized spacial score (nSPS) is 12.1. The van der Waals surface area contributed by atoms with Gasteiger partial charge in [0.1, 0.15) is 17.2 Å². The molecule has 0 spiro atoms. The van der Waals surface area contributed by atoms with Gasteiger partial charge in [-0.15, -0.1) is 0 Å². The van der Waals surface area contributed by atoms with Crippen LogP contribution in [0.2, 0.25) is 0 Å². The van der Waals surface area contributed by atoms with E-state index < -0.39 is 0 Å². The highest BCUT2D eigenvalue weighted by Gasteiger charge is 2.16. The minimum Gasteiger partial charge on any atom is -0.508 e. The van der Waals surface area contributed by atoms with E-state index in [-0.39, 0.29) is 17.4 Å². The lowest BCUT2D eigenvalue weighted by Crippen LogP contribution is -1.97. The molecule has 0 fully saturated rings. The van der Waals surface area contributed by atoms with Crippen LogP contribution in [0, 0.1) is 0 Å². The standard InChI is InChI=1S/C15H16O3/c1-10(11-6-8-12(18-2)9-7-11)15-13(16)4-3-5-14(15)17/h3-10,16-17H,1-2H3. The van der Waals surface area contributed by atoms with Crippen LogP contribution in [0.5, 0.6) is 17.2 Å². The summed E-state index contributed by atoms with van der Waals surface area (Å²) in [5, 5.41) is 19.7. The molecular weight excluding hydrogens is 228 g/mol. The summed E-state index contributed by atoms with van der Waals surface area (Å²) in [7, 11) is 1.62. The van der Waals surface area contributed by atoms with Gasteiger partial charge in [0, 0.05) is 11.5 Å². The van der Waals surface area contributed by atoms with Crippen LogP contribution in [0.3, 0.4) is 0 Å². The molecule has 3 heteroatoms. The third-order valence-corrected chi connectivity index (χ3v) is 3.11. The molecule has 2 rings (SSSR count). The smallest absolute Gasteiger partial charge is 0.123 e. The molecule has 0 heterocycles. The first-order chi connectivity index (χ1) is 8.63. The maximum atomic E-state index is 9.84. The van der Waals surface area contributed by atoms with E-state index in [1.54, 1.807) is 25.3 Å². The minimum atomic E-state index is -0.0860. The summed E-state index contributed by atoms with van der Waals surface area (Å²) in [6, 6.07) is 12.4. The number of methoxy groups -OCH3 is 1. The topological polar surface area (TPSA) is 49.7 Å². The van der Waals surface area contributed by atoms with Crippen molar-refractivity contribution in [2.24, 2.45) is 0 Å². The van der Waals surface area contributed by atoms with Crippen LogP contribution in [-0.2, 0) is 0 Å². The van der Waals surface area contributed by atoms with Crippen LogP contribution in [0.4, 0.5) is 0 Å². The van der Waals surface area contributed by atoms with Crippen molar-refractivity contribution < 1.29 is 14.9 Å². The summed E-state index contributed by atoms with van der Waals surface area (Å²) in [5.74, 6) is 0.918. The molecule has 1 atom stereocenters. The molecule has 3 nitrogen and oxygen atoms in total. The number of hydrogen-bond donors (Lipinski definition) is 2.